The zero-order valence-corrected chi connectivity index (χ0v) is 19.7. The highest BCUT2D eigenvalue weighted by molar-refractivity contribution is 7.99. The van der Waals surface area contributed by atoms with Gasteiger partial charge in [-0.15, -0.1) is 0 Å². The summed E-state index contributed by atoms with van der Waals surface area (Å²) in [7, 11) is 0. The molecule has 172 valence electrons. The molecule has 0 aliphatic rings. The molecule has 4 aromatic rings. The topological polar surface area (TPSA) is 102 Å². The summed E-state index contributed by atoms with van der Waals surface area (Å²) in [4.78, 5) is 27.6. The van der Waals surface area contributed by atoms with E-state index in [0.29, 0.717) is 28.0 Å². The average Bonchev–Trinajstić information content (AvgIpc) is 3.20. The molecule has 0 unspecified atom stereocenters. The summed E-state index contributed by atoms with van der Waals surface area (Å²) in [5.74, 6) is -0.219. The number of fused-ring (bicyclic) bond motifs is 1. The fourth-order valence-corrected chi connectivity index (χ4v) is 4.33. The number of nitro groups is 1. The normalized spacial score (nSPS) is 11.5. The van der Waals surface area contributed by atoms with E-state index in [9.17, 15) is 14.9 Å². The average molecular weight is 494 g/mol. The highest BCUT2D eigenvalue weighted by Gasteiger charge is 2.14. The van der Waals surface area contributed by atoms with Crippen LogP contribution in [0.15, 0.2) is 83.1 Å². The van der Waals surface area contributed by atoms with Gasteiger partial charge in [0.05, 0.1) is 34.0 Å². The number of hydrazone groups is 1. The highest BCUT2D eigenvalue weighted by atomic mass is 35.5. The van der Waals surface area contributed by atoms with Crippen molar-refractivity contribution in [3.8, 4) is 0 Å². The van der Waals surface area contributed by atoms with Crippen molar-refractivity contribution in [2.45, 2.75) is 18.6 Å². The Morgan fingerprint density at radius 2 is 1.91 bits per heavy atom. The Morgan fingerprint density at radius 1 is 1.15 bits per heavy atom. The van der Waals surface area contributed by atoms with Crippen LogP contribution in [-0.4, -0.2) is 31.8 Å². The number of halogens is 1. The second-order valence-electron chi connectivity index (χ2n) is 7.39. The minimum Gasteiger partial charge on any atom is -0.314 e. The summed E-state index contributed by atoms with van der Waals surface area (Å²) < 4.78 is 2.03. The molecule has 3 aromatic carbocycles. The van der Waals surface area contributed by atoms with Crippen molar-refractivity contribution in [1.82, 2.24) is 15.0 Å². The molecule has 0 spiro atoms. The van der Waals surface area contributed by atoms with E-state index in [1.807, 2.05) is 53.1 Å². The summed E-state index contributed by atoms with van der Waals surface area (Å²) in [6, 6.07) is 21.5. The molecule has 1 amide bonds. The molecule has 0 bridgehead atoms. The zero-order chi connectivity index (χ0) is 24.1. The van der Waals surface area contributed by atoms with Gasteiger partial charge in [-0.2, -0.15) is 5.10 Å². The largest absolute Gasteiger partial charge is 0.314 e. The van der Waals surface area contributed by atoms with E-state index < -0.39 is 4.92 Å². The molecule has 0 fully saturated rings. The number of amides is 1. The van der Waals surface area contributed by atoms with Gasteiger partial charge in [0.1, 0.15) is 0 Å². The number of para-hydroxylation sites is 2. The van der Waals surface area contributed by atoms with E-state index in [1.165, 1.54) is 23.9 Å². The van der Waals surface area contributed by atoms with Crippen LogP contribution in [0.2, 0.25) is 5.02 Å². The first-order valence-electron chi connectivity index (χ1n) is 10.3. The van der Waals surface area contributed by atoms with Crippen LogP contribution in [0.5, 0.6) is 0 Å². The molecule has 0 saturated carbocycles. The van der Waals surface area contributed by atoms with Crippen LogP contribution in [0, 0.1) is 10.1 Å². The van der Waals surface area contributed by atoms with Crippen LogP contribution in [0.3, 0.4) is 0 Å². The fraction of sp³-hybridized carbons (Fsp3) is 0.125. The summed E-state index contributed by atoms with van der Waals surface area (Å²) in [6.45, 7) is 2.20. The van der Waals surface area contributed by atoms with Crippen LogP contribution in [0.25, 0.3) is 11.0 Å². The van der Waals surface area contributed by atoms with Crippen molar-refractivity contribution in [3.05, 3.63) is 99.1 Å². The molecule has 10 heteroatoms. The third-order valence-corrected chi connectivity index (χ3v) is 6.41. The van der Waals surface area contributed by atoms with E-state index in [4.69, 9.17) is 11.6 Å². The van der Waals surface area contributed by atoms with Crippen molar-refractivity contribution in [2.75, 3.05) is 5.75 Å². The predicted molar refractivity (Wildman–Crippen MR) is 134 cm³/mol. The molecule has 4 rings (SSSR count). The van der Waals surface area contributed by atoms with Gasteiger partial charge in [0.15, 0.2) is 5.16 Å². The predicted octanol–water partition coefficient (Wildman–Crippen LogP) is 5.28. The number of nitro benzene ring substituents is 1. The van der Waals surface area contributed by atoms with Gasteiger partial charge in [0, 0.05) is 22.7 Å². The number of nitrogens with zero attached hydrogens (tertiary/aromatic N) is 4. The first kappa shape index (κ1) is 23.5. The molecule has 1 heterocycles. The van der Waals surface area contributed by atoms with Gasteiger partial charge in [-0.25, -0.2) is 10.4 Å². The van der Waals surface area contributed by atoms with E-state index in [1.54, 1.807) is 19.1 Å². The van der Waals surface area contributed by atoms with Crippen LogP contribution in [0.1, 0.15) is 18.1 Å². The van der Waals surface area contributed by atoms with Crippen LogP contribution < -0.4 is 5.43 Å². The van der Waals surface area contributed by atoms with E-state index >= 15 is 0 Å². The Bertz CT molecular complexity index is 1400. The van der Waals surface area contributed by atoms with Gasteiger partial charge in [-0.05, 0) is 30.7 Å². The van der Waals surface area contributed by atoms with Gasteiger partial charge in [0.25, 0.3) is 11.6 Å². The Balaban J connectivity index is 1.47. The molecule has 0 saturated heterocycles. The Labute approximate surface area is 204 Å². The monoisotopic (exact) mass is 493 g/mol. The third kappa shape index (κ3) is 5.44. The number of aromatic nitrogens is 2. The number of carbonyl (C=O) groups is 1. The van der Waals surface area contributed by atoms with Crippen LogP contribution in [-0.2, 0) is 11.3 Å². The molecule has 0 aliphatic heterocycles. The van der Waals surface area contributed by atoms with Crippen molar-refractivity contribution in [1.29, 1.82) is 0 Å². The maximum atomic E-state index is 12.5. The maximum Gasteiger partial charge on any atom is 0.270 e. The number of non-ortho nitro benzene ring substituents is 1. The standard InChI is InChI=1S/C24H20ClN5O3S/c1-16(17-8-6-9-19(13-17)30(32)33)27-28-23(31)15-34-24-26-21-11-4-5-12-22(21)29(24)14-18-7-2-3-10-20(18)25/h2-13H,14-15H2,1H3,(H,28,31)/b27-16-. The number of hydrogen-bond acceptors (Lipinski definition) is 6. The van der Waals surface area contributed by atoms with Gasteiger partial charge >= 0.3 is 0 Å². The molecular formula is C24H20ClN5O3S. The second-order valence-corrected chi connectivity index (χ2v) is 8.74. The third-order valence-electron chi connectivity index (χ3n) is 5.06. The summed E-state index contributed by atoms with van der Waals surface area (Å²) >= 11 is 7.66. The van der Waals surface area contributed by atoms with E-state index in [2.05, 4.69) is 15.5 Å². The zero-order valence-electron chi connectivity index (χ0n) is 18.1. The number of hydrogen-bond donors (Lipinski definition) is 1. The van der Waals surface area contributed by atoms with E-state index in [-0.39, 0.29) is 17.3 Å². The van der Waals surface area contributed by atoms with Crippen molar-refractivity contribution < 1.29 is 9.72 Å². The van der Waals surface area contributed by atoms with Crippen LogP contribution in [0.4, 0.5) is 5.69 Å². The van der Waals surface area contributed by atoms with Gasteiger partial charge in [-0.1, -0.05) is 65.8 Å². The number of rotatable bonds is 8. The lowest BCUT2D eigenvalue weighted by molar-refractivity contribution is -0.384. The summed E-state index contributed by atoms with van der Waals surface area (Å²) in [6.07, 6.45) is 0. The first-order chi connectivity index (χ1) is 16.4. The molecule has 0 radical (unpaired) electrons. The Morgan fingerprint density at radius 3 is 2.71 bits per heavy atom. The molecule has 1 aromatic heterocycles. The molecular weight excluding hydrogens is 474 g/mol. The lowest BCUT2D eigenvalue weighted by Gasteiger charge is -2.10. The van der Waals surface area contributed by atoms with Crippen molar-refractivity contribution in [3.63, 3.8) is 0 Å². The van der Waals surface area contributed by atoms with Crippen LogP contribution >= 0.6 is 23.4 Å². The molecule has 0 atom stereocenters. The lowest BCUT2D eigenvalue weighted by Crippen LogP contribution is -2.21. The number of benzene rings is 3. The number of carbonyl (C=O) groups excluding carboxylic acids is 1. The SMILES string of the molecule is C/C(=N/NC(=O)CSc1nc2ccccc2n1Cc1ccccc1Cl)c1cccc([N+](=O)[O-])c1. The number of nitrogens with one attached hydrogen (secondary N) is 1. The van der Waals surface area contributed by atoms with Gasteiger partial charge in [0.2, 0.25) is 0 Å². The number of imidazole rings is 1. The highest BCUT2D eigenvalue weighted by Crippen LogP contribution is 2.27. The first-order valence-corrected chi connectivity index (χ1v) is 11.7. The quantitative estimate of drug-likeness (QED) is 0.156. The Hall–Kier alpha value is -3.69. The second kappa shape index (κ2) is 10.5. The molecule has 0 aliphatic carbocycles. The lowest BCUT2D eigenvalue weighted by atomic mass is 10.1. The van der Waals surface area contributed by atoms with Crippen molar-refractivity contribution >= 4 is 51.7 Å². The smallest absolute Gasteiger partial charge is 0.270 e. The van der Waals surface area contributed by atoms with Gasteiger partial charge < -0.3 is 4.57 Å². The summed E-state index contributed by atoms with van der Waals surface area (Å²) in [5.41, 5.74) is 6.23. The van der Waals surface area contributed by atoms with E-state index in [0.717, 1.165) is 16.6 Å². The maximum absolute atomic E-state index is 12.5. The number of thioether (sulfide) groups is 1. The molecule has 34 heavy (non-hydrogen) atoms. The molecule has 8 nitrogen and oxygen atoms in total. The minimum atomic E-state index is -0.472. The molecule has 1 N–H and O–H groups in total. The van der Waals surface area contributed by atoms with Gasteiger partial charge in [-0.3, -0.25) is 14.9 Å². The minimum absolute atomic E-state index is 0.0358. The Kier molecular flexibility index (Phi) is 7.24. The summed E-state index contributed by atoms with van der Waals surface area (Å²) in [5, 5.41) is 16.4. The fourth-order valence-electron chi connectivity index (χ4n) is 3.33. The van der Waals surface area contributed by atoms with Crippen molar-refractivity contribution in [2.24, 2.45) is 5.10 Å².